The average Bonchev–Trinajstić information content (AvgIpc) is 2.57. The number of rotatable bonds is 6. The second-order valence-electron chi connectivity index (χ2n) is 5.40. The molecule has 1 saturated heterocycles. The maximum absolute atomic E-state index is 13.1. The van der Waals surface area contributed by atoms with Gasteiger partial charge in [0.05, 0.1) is 25.9 Å². The Hall–Kier alpha value is -1.39. The minimum Gasteiger partial charge on any atom is -0.497 e. The molecule has 0 aromatic heterocycles. The maximum atomic E-state index is 13.1. The van der Waals surface area contributed by atoms with Crippen molar-refractivity contribution >= 4 is 5.78 Å². The molecule has 2 rings (SSSR count). The highest BCUT2D eigenvalue weighted by molar-refractivity contribution is 6.03. The maximum Gasteiger partial charge on any atom is 0.183 e. The number of morpholine rings is 1. The van der Waals surface area contributed by atoms with E-state index < -0.39 is 5.54 Å². The van der Waals surface area contributed by atoms with Crippen LogP contribution in [0.5, 0.6) is 5.75 Å². The number of ether oxygens (including phenoxy) is 2. The molecule has 0 bridgehead atoms. The molecule has 1 fully saturated rings. The molecular formula is C17H25NO3. The van der Waals surface area contributed by atoms with E-state index in [-0.39, 0.29) is 5.78 Å². The number of benzene rings is 1. The molecule has 0 radical (unpaired) electrons. The number of carbonyl (C=O) groups excluding carboxylic acids is 1. The standard InChI is InChI=1S/C17H25NO3/c1-4-17(5-2,18-10-12-21-13-11-18)16(19)14-6-8-15(20-3)9-7-14/h6-9H,4-5,10-13H2,1-3H3. The second kappa shape index (κ2) is 7.05. The molecule has 4 nitrogen and oxygen atoms in total. The van der Waals surface area contributed by atoms with E-state index in [0.29, 0.717) is 13.2 Å². The summed E-state index contributed by atoms with van der Waals surface area (Å²) in [7, 11) is 1.63. The number of Topliss-reactive ketones (excluding diaryl/α,β-unsaturated/α-hetero) is 1. The van der Waals surface area contributed by atoms with Crippen molar-refractivity contribution in [3.63, 3.8) is 0 Å². The van der Waals surface area contributed by atoms with Crippen LogP contribution in [-0.2, 0) is 4.74 Å². The summed E-state index contributed by atoms with van der Waals surface area (Å²) in [6.45, 7) is 7.25. The van der Waals surface area contributed by atoms with Crippen molar-refractivity contribution in [2.24, 2.45) is 0 Å². The molecule has 0 atom stereocenters. The predicted molar refractivity (Wildman–Crippen MR) is 83.0 cm³/mol. The number of carbonyl (C=O) groups is 1. The number of hydrogen-bond donors (Lipinski definition) is 0. The fourth-order valence-corrected chi connectivity index (χ4v) is 3.16. The van der Waals surface area contributed by atoms with E-state index in [2.05, 4.69) is 18.7 Å². The lowest BCUT2D eigenvalue weighted by atomic mass is 9.82. The first kappa shape index (κ1) is 16.0. The molecule has 21 heavy (non-hydrogen) atoms. The predicted octanol–water partition coefficient (Wildman–Crippen LogP) is 2.77. The van der Waals surface area contributed by atoms with E-state index in [4.69, 9.17) is 9.47 Å². The fourth-order valence-electron chi connectivity index (χ4n) is 3.16. The second-order valence-corrected chi connectivity index (χ2v) is 5.40. The van der Waals surface area contributed by atoms with Crippen LogP contribution in [0.3, 0.4) is 0 Å². The molecule has 116 valence electrons. The normalized spacial score (nSPS) is 16.7. The van der Waals surface area contributed by atoms with E-state index in [1.54, 1.807) is 7.11 Å². The largest absolute Gasteiger partial charge is 0.497 e. The molecule has 0 amide bonds. The molecule has 0 N–H and O–H groups in total. The van der Waals surface area contributed by atoms with Gasteiger partial charge in [0.25, 0.3) is 0 Å². The van der Waals surface area contributed by atoms with E-state index in [0.717, 1.165) is 37.2 Å². The van der Waals surface area contributed by atoms with Crippen LogP contribution in [0, 0.1) is 0 Å². The van der Waals surface area contributed by atoms with Crippen molar-refractivity contribution in [3.05, 3.63) is 29.8 Å². The Morgan fingerprint density at radius 3 is 2.24 bits per heavy atom. The van der Waals surface area contributed by atoms with Gasteiger partial charge < -0.3 is 9.47 Å². The Labute approximate surface area is 127 Å². The lowest BCUT2D eigenvalue weighted by Crippen LogP contribution is -2.57. The minimum atomic E-state index is -0.418. The zero-order valence-electron chi connectivity index (χ0n) is 13.2. The van der Waals surface area contributed by atoms with E-state index in [1.807, 2.05) is 24.3 Å². The van der Waals surface area contributed by atoms with Crippen LogP contribution in [0.1, 0.15) is 37.0 Å². The summed E-state index contributed by atoms with van der Waals surface area (Å²) >= 11 is 0. The van der Waals surface area contributed by atoms with Gasteiger partial charge in [-0.1, -0.05) is 13.8 Å². The van der Waals surface area contributed by atoms with Crippen molar-refractivity contribution < 1.29 is 14.3 Å². The SMILES string of the molecule is CCC(CC)(C(=O)c1ccc(OC)cc1)N1CCOCC1. The van der Waals surface area contributed by atoms with Gasteiger partial charge in [0.1, 0.15) is 5.75 Å². The number of methoxy groups -OCH3 is 1. The van der Waals surface area contributed by atoms with Gasteiger partial charge in [-0.05, 0) is 37.1 Å². The van der Waals surface area contributed by atoms with E-state index in [1.165, 1.54) is 0 Å². The Morgan fingerprint density at radius 1 is 1.19 bits per heavy atom. The quantitative estimate of drug-likeness (QED) is 0.756. The lowest BCUT2D eigenvalue weighted by molar-refractivity contribution is -0.0175. The van der Waals surface area contributed by atoms with Crippen LogP contribution < -0.4 is 4.74 Å². The van der Waals surface area contributed by atoms with Gasteiger partial charge in [-0.2, -0.15) is 0 Å². The highest BCUT2D eigenvalue weighted by Crippen LogP contribution is 2.30. The van der Waals surface area contributed by atoms with Crippen molar-refractivity contribution in [1.82, 2.24) is 4.90 Å². The molecule has 1 aliphatic heterocycles. The smallest absolute Gasteiger partial charge is 0.183 e. The number of ketones is 1. The minimum absolute atomic E-state index is 0.206. The zero-order valence-corrected chi connectivity index (χ0v) is 13.2. The van der Waals surface area contributed by atoms with Crippen LogP contribution in [0.2, 0.25) is 0 Å². The third-order valence-corrected chi connectivity index (χ3v) is 4.56. The van der Waals surface area contributed by atoms with Gasteiger partial charge in [0.15, 0.2) is 5.78 Å². The summed E-state index contributed by atoms with van der Waals surface area (Å²) in [5.74, 6) is 0.980. The van der Waals surface area contributed by atoms with Crippen molar-refractivity contribution in [3.8, 4) is 5.75 Å². The van der Waals surface area contributed by atoms with E-state index in [9.17, 15) is 4.79 Å². The molecule has 1 heterocycles. The Morgan fingerprint density at radius 2 is 1.76 bits per heavy atom. The van der Waals surface area contributed by atoms with Gasteiger partial charge >= 0.3 is 0 Å². The Balaban J connectivity index is 2.28. The molecule has 1 aromatic rings. The van der Waals surface area contributed by atoms with Crippen molar-refractivity contribution in [2.75, 3.05) is 33.4 Å². The molecule has 1 aromatic carbocycles. The first-order valence-electron chi connectivity index (χ1n) is 7.69. The molecule has 0 aliphatic carbocycles. The molecule has 0 spiro atoms. The Kier molecular flexibility index (Phi) is 5.37. The Bertz CT molecular complexity index is 459. The van der Waals surface area contributed by atoms with Crippen LogP contribution in [0.15, 0.2) is 24.3 Å². The summed E-state index contributed by atoms with van der Waals surface area (Å²) in [4.78, 5) is 15.4. The number of hydrogen-bond acceptors (Lipinski definition) is 4. The lowest BCUT2D eigenvalue weighted by Gasteiger charge is -2.43. The molecule has 0 unspecified atom stereocenters. The first-order chi connectivity index (χ1) is 10.2. The van der Waals surface area contributed by atoms with Gasteiger partial charge in [-0.25, -0.2) is 0 Å². The summed E-state index contributed by atoms with van der Waals surface area (Å²) in [6.07, 6.45) is 1.63. The van der Waals surface area contributed by atoms with Crippen LogP contribution in [0.4, 0.5) is 0 Å². The third-order valence-electron chi connectivity index (χ3n) is 4.56. The summed E-state index contributed by atoms with van der Waals surface area (Å²) in [5.41, 5.74) is 0.337. The summed E-state index contributed by atoms with van der Waals surface area (Å²) in [6, 6.07) is 7.43. The zero-order chi connectivity index (χ0) is 15.3. The molecule has 1 aliphatic rings. The first-order valence-corrected chi connectivity index (χ1v) is 7.69. The van der Waals surface area contributed by atoms with Crippen molar-refractivity contribution in [1.29, 1.82) is 0 Å². The van der Waals surface area contributed by atoms with Crippen LogP contribution in [-0.4, -0.2) is 49.6 Å². The third kappa shape index (κ3) is 3.11. The molecule has 4 heteroatoms. The average molecular weight is 291 g/mol. The van der Waals surface area contributed by atoms with Gasteiger partial charge in [0.2, 0.25) is 0 Å². The van der Waals surface area contributed by atoms with Gasteiger partial charge in [-0.3, -0.25) is 9.69 Å². The van der Waals surface area contributed by atoms with E-state index >= 15 is 0 Å². The van der Waals surface area contributed by atoms with Gasteiger partial charge in [0, 0.05) is 18.7 Å². The highest BCUT2D eigenvalue weighted by Gasteiger charge is 2.41. The van der Waals surface area contributed by atoms with Crippen LogP contribution >= 0.6 is 0 Å². The number of nitrogens with zero attached hydrogens (tertiary/aromatic N) is 1. The molecular weight excluding hydrogens is 266 g/mol. The van der Waals surface area contributed by atoms with Crippen molar-refractivity contribution in [2.45, 2.75) is 32.2 Å². The van der Waals surface area contributed by atoms with Crippen LogP contribution in [0.25, 0.3) is 0 Å². The van der Waals surface area contributed by atoms with Gasteiger partial charge in [-0.15, -0.1) is 0 Å². The summed E-state index contributed by atoms with van der Waals surface area (Å²) in [5, 5.41) is 0. The monoisotopic (exact) mass is 291 g/mol. The topological polar surface area (TPSA) is 38.8 Å². The molecule has 0 saturated carbocycles. The fraction of sp³-hybridized carbons (Fsp3) is 0.588. The summed E-state index contributed by atoms with van der Waals surface area (Å²) < 4.78 is 10.6. The highest BCUT2D eigenvalue weighted by atomic mass is 16.5.